The number of amides is 2. The van der Waals surface area contributed by atoms with Gasteiger partial charge in [-0.1, -0.05) is 0 Å². The van der Waals surface area contributed by atoms with Crippen LogP contribution in [0.1, 0.15) is 68.9 Å². The number of rotatable bonds is 5. The summed E-state index contributed by atoms with van der Waals surface area (Å²) in [5.74, 6) is -1.29. The van der Waals surface area contributed by atoms with Crippen LogP contribution in [-0.2, 0) is 4.79 Å². The molecular weight excluding hydrogens is 432 g/mol. The van der Waals surface area contributed by atoms with Crippen molar-refractivity contribution in [3.8, 4) is 0 Å². The van der Waals surface area contributed by atoms with E-state index >= 15 is 0 Å². The molecule has 8 nitrogen and oxygen atoms in total. The summed E-state index contributed by atoms with van der Waals surface area (Å²) in [6.07, 6.45) is 6.24. The van der Waals surface area contributed by atoms with Gasteiger partial charge in [0.15, 0.2) is 0 Å². The Labute approximate surface area is 198 Å². The smallest absolute Gasteiger partial charge is 0.335 e. The van der Waals surface area contributed by atoms with E-state index in [2.05, 4.69) is 15.2 Å². The number of hydrogen-bond acceptors (Lipinski definition) is 4. The topological polar surface area (TPSA) is 106 Å². The monoisotopic (exact) mass is 462 g/mol. The molecule has 2 saturated heterocycles. The third-order valence-corrected chi connectivity index (χ3v) is 7.33. The quantitative estimate of drug-likeness (QED) is 0.590. The molecule has 0 spiro atoms. The third-order valence-electron chi connectivity index (χ3n) is 7.33. The normalized spacial score (nSPS) is 21.4. The molecular formula is C26H30N4O4. The number of nitrogens with one attached hydrogen (secondary N) is 2. The fourth-order valence-corrected chi connectivity index (χ4v) is 5.55. The van der Waals surface area contributed by atoms with Gasteiger partial charge in [-0.15, -0.1) is 0 Å². The largest absolute Gasteiger partial charge is 0.478 e. The van der Waals surface area contributed by atoms with Crippen molar-refractivity contribution in [2.24, 2.45) is 0 Å². The minimum absolute atomic E-state index is 0.0436. The van der Waals surface area contributed by atoms with Crippen LogP contribution in [0.3, 0.4) is 0 Å². The molecule has 3 aliphatic rings. The van der Waals surface area contributed by atoms with Crippen LogP contribution < -0.4 is 5.32 Å². The van der Waals surface area contributed by atoms with Crippen LogP contribution in [-0.4, -0.2) is 69.9 Å². The van der Waals surface area contributed by atoms with Crippen LogP contribution >= 0.6 is 0 Å². The van der Waals surface area contributed by atoms with E-state index in [-0.39, 0.29) is 23.4 Å². The summed E-state index contributed by atoms with van der Waals surface area (Å²) < 4.78 is 0. The zero-order valence-electron chi connectivity index (χ0n) is 19.6. The van der Waals surface area contributed by atoms with E-state index < -0.39 is 5.97 Å². The fraction of sp³-hybridized carbons (Fsp3) is 0.423. The van der Waals surface area contributed by atoms with Crippen molar-refractivity contribution in [3.05, 3.63) is 51.8 Å². The van der Waals surface area contributed by atoms with Crippen molar-refractivity contribution in [1.29, 1.82) is 0 Å². The number of aromatic carboxylic acids is 1. The summed E-state index contributed by atoms with van der Waals surface area (Å²) in [6.45, 7) is 7.73. The maximum Gasteiger partial charge on any atom is 0.335 e. The average Bonchev–Trinajstić information content (AvgIpc) is 3.58. The Morgan fingerprint density at radius 3 is 2.65 bits per heavy atom. The highest BCUT2D eigenvalue weighted by Crippen LogP contribution is 2.35. The number of aryl methyl sites for hydroxylation is 1. The predicted octanol–water partition coefficient (Wildman–Crippen LogP) is 3.52. The van der Waals surface area contributed by atoms with Gasteiger partial charge in [0.2, 0.25) is 0 Å². The van der Waals surface area contributed by atoms with Crippen LogP contribution in [0.5, 0.6) is 0 Å². The van der Waals surface area contributed by atoms with Gasteiger partial charge in [0.25, 0.3) is 11.8 Å². The van der Waals surface area contributed by atoms with Crippen LogP contribution in [0, 0.1) is 13.8 Å². The van der Waals surface area contributed by atoms with Crippen molar-refractivity contribution in [2.45, 2.75) is 45.6 Å². The number of carbonyl (C=O) groups is 3. The highest BCUT2D eigenvalue weighted by atomic mass is 16.4. The number of likely N-dealkylation sites (tertiary alicyclic amines) is 2. The van der Waals surface area contributed by atoms with Gasteiger partial charge in [-0.2, -0.15) is 0 Å². The lowest BCUT2D eigenvalue weighted by Gasteiger charge is -2.28. The average molecular weight is 463 g/mol. The standard InChI is InChI=1S/C26H30N4O4/c1-15-22(13-20-19-12-17(26(33)34)7-8-21(19)28-24(20)31)27-16(2)23(15)25(32)30-11-5-6-18(30)14-29-9-3-4-10-29/h7-8,12-13,18,27H,3-6,9-11,14H2,1-2H3,(H,28,31)(H,33,34). The molecule has 2 aromatic rings. The molecule has 8 heteroatoms. The third kappa shape index (κ3) is 3.92. The summed E-state index contributed by atoms with van der Waals surface area (Å²) in [4.78, 5) is 45.5. The molecule has 0 radical (unpaired) electrons. The van der Waals surface area contributed by atoms with Crippen molar-refractivity contribution in [2.75, 3.05) is 31.5 Å². The minimum Gasteiger partial charge on any atom is -0.478 e. The number of carboxylic acids is 1. The molecule has 1 unspecified atom stereocenters. The number of anilines is 1. The summed E-state index contributed by atoms with van der Waals surface area (Å²) in [5.41, 5.74) is 4.57. The summed E-state index contributed by atoms with van der Waals surface area (Å²) >= 11 is 0. The van der Waals surface area contributed by atoms with Crippen LogP contribution in [0.4, 0.5) is 5.69 Å². The SMILES string of the molecule is Cc1[nH]c(C=C2C(=O)Nc3ccc(C(=O)O)cc32)c(C)c1C(=O)N1CCCC1CN1CCCC1. The Balaban J connectivity index is 1.44. The molecule has 3 N–H and O–H groups in total. The maximum atomic E-state index is 13.6. The Kier molecular flexibility index (Phi) is 5.77. The van der Waals surface area contributed by atoms with Crippen LogP contribution in [0.2, 0.25) is 0 Å². The van der Waals surface area contributed by atoms with E-state index in [4.69, 9.17) is 0 Å². The number of aromatic amines is 1. The molecule has 2 fully saturated rings. The highest BCUT2D eigenvalue weighted by molar-refractivity contribution is 6.35. The number of hydrogen-bond donors (Lipinski definition) is 3. The highest BCUT2D eigenvalue weighted by Gasteiger charge is 2.34. The molecule has 1 aromatic carbocycles. The lowest BCUT2D eigenvalue weighted by molar-refractivity contribution is -0.110. The first-order valence-corrected chi connectivity index (χ1v) is 12.0. The number of aromatic nitrogens is 1. The van der Waals surface area contributed by atoms with E-state index in [0.717, 1.165) is 50.3 Å². The number of H-pyrrole nitrogens is 1. The first-order valence-electron chi connectivity index (χ1n) is 12.0. The zero-order chi connectivity index (χ0) is 24.0. The van der Waals surface area contributed by atoms with E-state index in [0.29, 0.717) is 28.1 Å². The Morgan fingerprint density at radius 1 is 1.15 bits per heavy atom. The maximum absolute atomic E-state index is 13.6. The van der Waals surface area contributed by atoms with E-state index in [9.17, 15) is 19.5 Å². The molecule has 0 aliphatic carbocycles. The molecule has 2 amide bonds. The lowest BCUT2D eigenvalue weighted by atomic mass is 10.0. The van der Waals surface area contributed by atoms with Gasteiger partial charge in [0.1, 0.15) is 0 Å². The van der Waals surface area contributed by atoms with Gasteiger partial charge in [0, 0.05) is 41.8 Å². The van der Waals surface area contributed by atoms with Crippen LogP contribution in [0.25, 0.3) is 11.6 Å². The molecule has 0 saturated carbocycles. The summed E-state index contributed by atoms with van der Waals surface area (Å²) in [7, 11) is 0. The van der Waals surface area contributed by atoms with Gasteiger partial charge >= 0.3 is 5.97 Å². The number of nitrogens with zero attached hydrogens (tertiary/aromatic N) is 2. The summed E-state index contributed by atoms with van der Waals surface area (Å²) in [6, 6.07) is 4.82. The predicted molar refractivity (Wildman–Crippen MR) is 130 cm³/mol. The van der Waals surface area contributed by atoms with Gasteiger partial charge in [-0.25, -0.2) is 4.79 Å². The molecule has 4 heterocycles. The molecule has 1 atom stereocenters. The Hall–Kier alpha value is -3.39. The Bertz CT molecular complexity index is 1210. The van der Waals surface area contributed by atoms with Crippen molar-refractivity contribution < 1.29 is 19.5 Å². The number of carbonyl (C=O) groups excluding carboxylic acids is 2. The number of benzene rings is 1. The lowest BCUT2D eigenvalue weighted by Crippen LogP contribution is -2.42. The van der Waals surface area contributed by atoms with Crippen molar-refractivity contribution >= 4 is 35.1 Å². The fourth-order valence-electron chi connectivity index (χ4n) is 5.55. The zero-order valence-corrected chi connectivity index (χ0v) is 19.6. The molecule has 5 rings (SSSR count). The molecule has 1 aromatic heterocycles. The first-order chi connectivity index (χ1) is 16.3. The van der Waals surface area contributed by atoms with Gasteiger partial charge < -0.3 is 25.2 Å². The second kappa shape index (κ2) is 8.76. The van der Waals surface area contributed by atoms with E-state index in [1.165, 1.54) is 25.0 Å². The number of fused-ring (bicyclic) bond motifs is 1. The van der Waals surface area contributed by atoms with E-state index in [1.807, 2.05) is 18.7 Å². The molecule has 34 heavy (non-hydrogen) atoms. The van der Waals surface area contributed by atoms with Crippen molar-refractivity contribution in [1.82, 2.24) is 14.8 Å². The Morgan fingerprint density at radius 2 is 1.91 bits per heavy atom. The van der Waals surface area contributed by atoms with Crippen LogP contribution in [0.15, 0.2) is 18.2 Å². The molecule has 178 valence electrons. The van der Waals surface area contributed by atoms with Crippen molar-refractivity contribution in [3.63, 3.8) is 0 Å². The second-order valence-corrected chi connectivity index (χ2v) is 9.54. The minimum atomic E-state index is -1.05. The second-order valence-electron chi connectivity index (χ2n) is 9.54. The summed E-state index contributed by atoms with van der Waals surface area (Å²) in [5, 5.41) is 12.1. The first kappa shape index (κ1) is 22.4. The molecule has 3 aliphatic heterocycles. The molecule has 0 bridgehead atoms. The van der Waals surface area contributed by atoms with E-state index in [1.54, 1.807) is 12.1 Å². The van der Waals surface area contributed by atoms with Gasteiger partial charge in [-0.3, -0.25) is 9.59 Å². The van der Waals surface area contributed by atoms with Gasteiger partial charge in [0.05, 0.1) is 16.7 Å². The van der Waals surface area contributed by atoms with Gasteiger partial charge in [-0.05, 0) is 82.5 Å². The number of carboxylic acid groups (broad SMARTS) is 1.